The SMILES string of the molecule is CCC1CN(Cc2nc(C)cs2)C2(CCCCC2)CN1. The quantitative estimate of drug-likeness (QED) is 0.926. The van der Waals surface area contributed by atoms with Crippen molar-refractivity contribution < 1.29 is 0 Å². The molecule has 2 fully saturated rings. The van der Waals surface area contributed by atoms with Gasteiger partial charge >= 0.3 is 0 Å². The molecular weight excluding hydrogens is 266 g/mol. The van der Waals surface area contributed by atoms with Crippen LogP contribution < -0.4 is 5.32 Å². The molecule has 4 heteroatoms. The van der Waals surface area contributed by atoms with E-state index in [2.05, 4.69) is 29.4 Å². The van der Waals surface area contributed by atoms with Gasteiger partial charge in [-0.25, -0.2) is 4.98 Å². The number of piperazine rings is 1. The predicted octanol–water partition coefficient (Wildman–Crippen LogP) is 3.34. The van der Waals surface area contributed by atoms with Gasteiger partial charge in [0.25, 0.3) is 0 Å². The molecule has 1 spiro atoms. The zero-order valence-electron chi connectivity index (χ0n) is 12.8. The van der Waals surface area contributed by atoms with Crippen molar-refractivity contribution in [3.63, 3.8) is 0 Å². The first kappa shape index (κ1) is 14.5. The van der Waals surface area contributed by atoms with E-state index in [0.29, 0.717) is 11.6 Å². The molecule has 112 valence electrons. The molecule has 20 heavy (non-hydrogen) atoms. The molecule has 1 aliphatic heterocycles. The molecule has 1 N–H and O–H groups in total. The van der Waals surface area contributed by atoms with E-state index in [1.54, 1.807) is 0 Å². The van der Waals surface area contributed by atoms with Crippen LogP contribution in [0.5, 0.6) is 0 Å². The molecule has 1 atom stereocenters. The van der Waals surface area contributed by atoms with Gasteiger partial charge in [0.1, 0.15) is 5.01 Å². The molecular formula is C16H27N3S. The number of hydrogen-bond acceptors (Lipinski definition) is 4. The van der Waals surface area contributed by atoms with Crippen LogP contribution in [0.25, 0.3) is 0 Å². The first-order valence-corrected chi connectivity index (χ1v) is 8.99. The zero-order valence-corrected chi connectivity index (χ0v) is 13.6. The number of rotatable bonds is 3. The Morgan fingerprint density at radius 1 is 1.40 bits per heavy atom. The van der Waals surface area contributed by atoms with Crippen molar-refractivity contribution in [3.05, 3.63) is 16.1 Å². The van der Waals surface area contributed by atoms with E-state index in [0.717, 1.165) is 6.54 Å². The maximum Gasteiger partial charge on any atom is 0.107 e. The summed E-state index contributed by atoms with van der Waals surface area (Å²) in [5.74, 6) is 0. The minimum absolute atomic E-state index is 0.406. The molecule has 1 unspecified atom stereocenters. The van der Waals surface area contributed by atoms with Gasteiger partial charge in [-0.3, -0.25) is 4.90 Å². The van der Waals surface area contributed by atoms with Gasteiger partial charge < -0.3 is 5.32 Å². The third-order valence-corrected chi connectivity index (χ3v) is 6.05. The lowest BCUT2D eigenvalue weighted by molar-refractivity contribution is 0.00268. The fraction of sp³-hybridized carbons (Fsp3) is 0.812. The summed E-state index contributed by atoms with van der Waals surface area (Å²) in [6.07, 6.45) is 8.16. The predicted molar refractivity (Wildman–Crippen MR) is 85.2 cm³/mol. The fourth-order valence-electron chi connectivity index (χ4n) is 3.82. The van der Waals surface area contributed by atoms with E-state index in [9.17, 15) is 0 Å². The normalized spacial score (nSPS) is 27.0. The average molecular weight is 293 g/mol. The van der Waals surface area contributed by atoms with Gasteiger partial charge in [-0.05, 0) is 26.2 Å². The average Bonchev–Trinajstić information content (AvgIpc) is 2.88. The number of thiazole rings is 1. The third-order valence-electron chi connectivity index (χ3n) is 5.10. The number of nitrogens with zero attached hydrogens (tertiary/aromatic N) is 2. The molecule has 1 aromatic rings. The molecule has 0 radical (unpaired) electrons. The van der Waals surface area contributed by atoms with E-state index < -0.39 is 0 Å². The lowest BCUT2D eigenvalue weighted by atomic mass is 9.78. The Balaban J connectivity index is 1.77. The van der Waals surface area contributed by atoms with Crippen LogP contribution in [0.15, 0.2) is 5.38 Å². The molecule has 1 saturated carbocycles. The summed E-state index contributed by atoms with van der Waals surface area (Å²) >= 11 is 1.83. The van der Waals surface area contributed by atoms with Crippen LogP contribution in [0, 0.1) is 6.92 Å². The van der Waals surface area contributed by atoms with E-state index in [4.69, 9.17) is 4.98 Å². The Bertz CT molecular complexity index is 437. The van der Waals surface area contributed by atoms with Crippen LogP contribution in [0.2, 0.25) is 0 Å². The molecule has 0 amide bonds. The van der Waals surface area contributed by atoms with Gasteiger partial charge in [0, 0.05) is 35.7 Å². The second-order valence-corrected chi connectivity index (χ2v) is 7.48. The van der Waals surface area contributed by atoms with Crippen molar-refractivity contribution in [2.24, 2.45) is 0 Å². The first-order valence-electron chi connectivity index (χ1n) is 8.11. The Morgan fingerprint density at radius 3 is 2.85 bits per heavy atom. The van der Waals surface area contributed by atoms with Crippen LogP contribution >= 0.6 is 11.3 Å². The highest BCUT2D eigenvalue weighted by atomic mass is 32.1. The molecule has 1 aliphatic carbocycles. The Labute approximate surface area is 126 Å². The topological polar surface area (TPSA) is 28.2 Å². The second-order valence-electron chi connectivity index (χ2n) is 6.53. The minimum Gasteiger partial charge on any atom is -0.311 e. The summed E-state index contributed by atoms with van der Waals surface area (Å²) in [5, 5.41) is 7.27. The third kappa shape index (κ3) is 2.92. The lowest BCUT2D eigenvalue weighted by Gasteiger charge is -2.52. The Hall–Kier alpha value is -0.450. The molecule has 0 bridgehead atoms. The molecule has 2 heterocycles. The summed E-state index contributed by atoms with van der Waals surface area (Å²) in [4.78, 5) is 7.45. The molecule has 1 saturated heterocycles. The van der Waals surface area contributed by atoms with E-state index in [1.165, 1.54) is 62.3 Å². The van der Waals surface area contributed by atoms with Gasteiger partial charge in [-0.2, -0.15) is 0 Å². The lowest BCUT2D eigenvalue weighted by Crippen LogP contribution is -2.64. The fourth-order valence-corrected chi connectivity index (χ4v) is 4.60. The summed E-state index contributed by atoms with van der Waals surface area (Å²) < 4.78 is 0. The first-order chi connectivity index (χ1) is 9.72. The van der Waals surface area contributed by atoms with Crippen molar-refractivity contribution in [3.8, 4) is 0 Å². The van der Waals surface area contributed by atoms with Crippen molar-refractivity contribution in [2.45, 2.75) is 70.5 Å². The second kappa shape index (κ2) is 6.12. The Morgan fingerprint density at radius 2 is 2.20 bits per heavy atom. The Kier molecular flexibility index (Phi) is 4.43. The molecule has 3 nitrogen and oxygen atoms in total. The van der Waals surface area contributed by atoms with Crippen molar-refractivity contribution >= 4 is 11.3 Å². The maximum absolute atomic E-state index is 4.69. The molecule has 3 rings (SSSR count). The number of aryl methyl sites for hydroxylation is 1. The standard InChI is InChI=1S/C16H27N3S/c1-3-14-9-19(10-15-18-13(2)11-20-15)16(12-17-14)7-5-4-6-8-16/h11,14,17H,3-10,12H2,1-2H3. The van der Waals surface area contributed by atoms with E-state index >= 15 is 0 Å². The summed E-state index contributed by atoms with van der Waals surface area (Å²) in [5.41, 5.74) is 1.58. The minimum atomic E-state index is 0.406. The van der Waals surface area contributed by atoms with Crippen LogP contribution in [0.1, 0.15) is 56.2 Å². The molecule has 1 aromatic heterocycles. The van der Waals surface area contributed by atoms with Gasteiger partial charge in [0.15, 0.2) is 0 Å². The van der Waals surface area contributed by atoms with Crippen LogP contribution in [0.4, 0.5) is 0 Å². The molecule has 0 aromatic carbocycles. The highest BCUT2D eigenvalue weighted by Gasteiger charge is 2.41. The number of hydrogen-bond donors (Lipinski definition) is 1. The summed E-state index contributed by atoms with van der Waals surface area (Å²) in [6.45, 7) is 7.81. The number of nitrogens with one attached hydrogen (secondary N) is 1. The van der Waals surface area contributed by atoms with Crippen molar-refractivity contribution in [1.82, 2.24) is 15.2 Å². The maximum atomic E-state index is 4.69. The summed E-state index contributed by atoms with van der Waals surface area (Å²) in [7, 11) is 0. The van der Waals surface area contributed by atoms with Gasteiger partial charge in [0.05, 0.1) is 6.54 Å². The van der Waals surface area contributed by atoms with Crippen LogP contribution in [-0.4, -0.2) is 34.6 Å². The largest absolute Gasteiger partial charge is 0.311 e. The smallest absolute Gasteiger partial charge is 0.107 e. The van der Waals surface area contributed by atoms with Crippen LogP contribution in [-0.2, 0) is 6.54 Å². The van der Waals surface area contributed by atoms with Gasteiger partial charge in [-0.1, -0.05) is 26.2 Å². The van der Waals surface area contributed by atoms with Crippen LogP contribution in [0.3, 0.4) is 0 Å². The number of aromatic nitrogens is 1. The van der Waals surface area contributed by atoms with Gasteiger partial charge in [-0.15, -0.1) is 11.3 Å². The molecule has 2 aliphatic rings. The van der Waals surface area contributed by atoms with E-state index in [1.807, 2.05) is 11.3 Å². The van der Waals surface area contributed by atoms with E-state index in [-0.39, 0.29) is 0 Å². The summed E-state index contributed by atoms with van der Waals surface area (Å²) in [6, 6.07) is 0.656. The van der Waals surface area contributed by atoms with Gasteiger partial charge in [0.2, 0.25) is 0 Å². The monoisotopic (exact) mass is 293 g/mol. The zero-order chi connectivity index (χ0) is 14.0. The van der Waals surface area contributed by atoms with Crippen molar-refractivity contribution in [1.29, 1.82) is 0 Å². The van der Waals surface area contributed by atoms with Crippen molar-refractivity contribution in [2.75, 3.05) is 13.1 Å². The highest BCUT2D eigenvalue weighted by Crippen LogP contribution is 2.36. The highest BCUT2D eigenvalue weighted by molar-refractivity contribution is 7.09.